The van der Waals surface area contributed by atoms with Crippen LogP contribution >= 0.6 is 0 Å². The summed E-state index contributed by atoms with van der Waals surface area (Å²) in [7, 11) is 1.76. The van der Waals surface area contributed by atoms with Gasteiger partial charge < -0.3 is 0 Å². The maximum Gasteiger partial charge on any atom is 0.203 e. The third-order valence-corrected chi connectivity index (χ3v) is 2.35. The van der Waals surface area contributed by atoms with Crippen LogP contribution in [0.4, 0.5) is 0 Å². The molecule has 2 aromatic rings. The zero-order chi connectivity index (χ0) is 12.3. The third kappa shape index (κ3) is 2.66. The number of pyridine rings is 1. The maximum atomic E-state index is 11.9. The van der Waals surface area contributed by atoms with Crippen molar-refractivity contribution >= 4 is 11.9 Å². The molecule has 0 spiro atoms. The van der Waals surface area contributed by atoms with Gasteiger partial charge in [0.2, 0.25) is 5.78 Å². The number of nitrogens with zero attached hydrogens (tertiary/aromatic N) is 3. The first kappa shape index (κ1) is 11.3. The molecule has 2 rings (SSSR count). The summed E-state index contributed by atoms with van der Waals surface area (Å²) in [6, 6.07) is 7.33. The van der Waals surface area contributed by atoms with Gasteiger partial charge in [-0.15, -0.1) is 0 Å². The van der Waals surface area contributed by atoms with Crippen LogP contribution in [0.1, 0.15) is 21.9 Å². The van der Waals surface area contributed by atoms with E-state index in [4.69, 9.17) is 0 Å². The average molecular weight is 227 g/mol. The summed E-state index contributed by atoms with van der Waals surface area (Å²) in [5.41, 5.74) is 2.18. The molecule has 0 saturated heterocycles. The quantitative estimate of drug-likeness (QED) is 0.595. The summed E-state index contributed by atoms with van der Waals surface area (Å²) < 4.78 is 1.58. The molecule has 0 unspecified atom stereocenters. The topological polar surface area (TPSA) is 47.8 Å². The molecule has 4 heteroatoms. The van der Waals surface area contributed by atoms with Gasteiger partial charge in [0.25, 0.3) is 0 Å². The van der Waals surface area contributed by atoms with Gasteiger partial charge in [-0.3, -0.25) is 14.5 Å². The van der Waals surface area contributed by atoms with Gasteiger partial charge in [0.05, 0.1) is 11.4 Å². The SMILES string of the molecule is Cc1cc(C(=O)/C=C/c2ccccn2)n(C)n1. The Balaban J connectivity index is 2.18. The number of hydrogen-bond donors (Lipinski definition) is 0. The number of carbonyl (C=O) groups excluding carboxylic acids is 1. The van der Waals surface area contributed by atoms with E-state index in [1.54, 1.807) is 30.1 Å². The lowest BCUT2D eigenvalue weighted by molar-refractivity contribution is 0.103. The second-order valence-electron chi connectivity index (χ2n) is 3.75. The van der Waals surface area contributed by atoms with E-state index in [9.17, 15) is 4.79 Å². The lowest BCUT2D eigenvalue weighted by Gasteiger charge is -1.95. The zero-order valence-corrected chi connectivity index (χ0v) is 9.79. The largest absolute Gasteiger partial charge is 0.288 e. The maximum absolute atomic E-state index is 11.9. The Morgan fingerprint density at radius 1 is 1.41 bits per heavy atom. The molecule has 0 atom stereocenters. The Hall–Kier alpha value is -2.23. The van der Waals surface area contributed by atoms with E-state index in [2.05, 4.69) is 10.1 Å². The van der Waals surface area contributed by atoms with Crippen LogP contribution in [0.15, 0.2) is 36.5 Å². The Kier molecular flexibility index (Phi) is 3.14. The van der Waals surface area contributed by atoms with Crippen LogP contribution in [0.5, 0.6) is 0 Å². The van der Waals surface area contributed by atoms with E-state index in [0.717, 1.165) is 11.4 Å². The summed E-state index contributed by atoms with van der Waals surface area (Å²) in [6.07, 6.45) is 4.90. The number of aryl methyl sites for hydroxylation is 2. The molecule has 2 aromatic heterocycles. The molecule has 0 aliphatic carbocycles. The highest BCUT2D eigenvalue weighted by molar-refractivity contribution is 6.05. The molecule has 0 aliphatic rings. The fraction of sp³-hybridized carbons (Fsp3) is 0.154. The first-order chi connectivity index (χ1) is 8.16. The molecular formula is C13H13N3O. The summed E-state index contributed by atoms with van der Waals surface area (Å²) >= 11 is 0. The Labute approximate surface area is 99.6 Å². The monoisotopic (exact) mass is 227 g/mol. The van der Waals surface area contributed by atoms with Crippen molar-refractivity contribution in [3.63, 3.8) is 0 Å². The van der Waals surface area contributed by atoms with Gasteiger partial charge in [-0.05, 0) is 37.3 Å². The summed E-state index contributed by atoms with van der Waals surface area (Å²) in [5.74, 6) is -0.0706. The highest BCUT2D eigenvalue weighted by Gasteiger charge is 2.08. The number of allylic oxidation sites excluding steroid dienone is 1. The van der Waals surface area contributed by atoms with Crippen LogP contribution in [0.2, 0.25) is 0 Å². The highest BCUT2D eigenvalue weighted by atomic mass is 16.1. The molecule has 0 aromatic carbocycles. The van der Waals surface area contributed by atoms with Crippen molar-refractivity contribution in [2.75, 3.05) is 0 Å². The molecule has 0 fully saturated rings. The fourth-order valence-electron chi connectivity index (χ4n) is 1.56. The molecule has 0 saturated carbocycles. The van der Waals surface area contributed by atoms with Crippen LogP contribution in [0.25, 0.3) is 6.08 Å². The van der Waals surface area contributed by atoms with Crippen LogP contribution in [0.3, 0.4) is 0 Å². The predicted octanol–water partition coefficient (Wildman–Crippen LogP) is 2.02. The minimum Gasteiger partial charge on any atom is -0.288 e. The van der Waals surface area contributed by atoms with Gasteiger partial charge in [0.1, 0.15) is 5.69 Å². The standard InChI is InChI=1S/C13H13N3O/c1-10-9-12(16(2)15-10)13(17)7-6-11-5-3-4-8-14-11/h3-9H,1-2H3/b7-6+. The average Bonchev–Trinajstić information content (AvgIpc) is 2.67. The number of carbonyl (C=O) groups is 1. The lowest BCUT2D eigenvalue weighted by Crippen LogP contribution is -2.03. The van der Waals surface area contributed by atoms with Crippen molar-refractivity contribution in [2.24, 2.45) is 7.05 Å². The van der Waals surface area contributed by atoms with Gasteiger partial charge in [-0.25, -0.2) is 0 Å². The Morgan fingerprint density at radius 3 is 2.82 bits per heavy atom. The van der Waals surface area contributed by atoms with Gasteiger partial charge in [-0.2, -0.15) is 5.10 Å². The second kappa shape index (κ2) is 4.74. The van der Waals surface area contributed by atoms with E-state index < -0.39 is 0 Å². The minimum absolute atomic E-state index is 0.0706. The van der Waals surface area contributed by atoms with E-state index in [-0.39, 0.29) is 5.78 Å². The normalized spacial score (nSPS) is 10.9. The zero-order valence-electron chi connectivity index (χ0n) is 9.79. The van der Waals surface area contributed by atoms with Crippen molar-refractivity contribution in [1.29, 1.82) is 0 Å². The molecule has 0 bridgehead atoms. The minimum atomic E-state index is -0.0706. The van der Waals surface area contributed by atoms with E-state index in [1.807, 2.05) is 25.1 Å². The van der Waals surface area contributed by atoms with Crippen molar-refractivity contribution < 1.29 is 4.79 Å². The van der Waals surface area contributed by atoms with Crippen molar-refractivity contribution in [3.8, 4) is 0 Å². The summed E-state index contributed by atoms with van der Waals surface area (Å²) in [6.45, 7) is 1.86. The smallest absolute Gasteiger partial charge is 0.203 e. The molecule has 86 valence electrons. The van der Waals surface area contributed by atoms with Crippen LogP contribution in [-0.2, 0) is 7.05 Å². The fourth-order valence-corrected chi connectivity index (χ4v) is 1.56. The molecular weight excluding hydrogens is 214 g/mol. The van der Waals surface area contributed by atoms with Gasteiger partial charge in [0.15, 0.2) is 0 Å². The first-order valence-corrected chi connectivity index (χ1v) is 5.31. The van der Waals surface area contributed by atoms with Crippen molar-refractivity contribution in [2.45, 2.75) is 6.92 Å². The van der Waals surface area contributed by atoms with Gasteiger partial charge in [0, 0.05) is 13.2 Å². The van der Waals surface area contributed by atoms with E-state index in [0.29, 0.717) is 5.69 Å². The van der Waals surface area contributed by atoms with Crippen molar-refractivity contribution in [3.05, 3.63) is 53.6 Å². The van der Waals surface area contributed by atoms with Gasteiger partial charge >= 0.3 is 0 Å². The van der Waals surface area contributed by atoms with E-state index in [1.165, 1.54) is 6.08 Å². The summed E-state index contributed by atoms with van der Waals surface area (Å²) in [4.78, 5) is 16.0. The van der Waals surface area contributed by atoms with E-state index >= 15 is 0 Å². The third-order valence-electron chi connectivity index (χ3n) is 2.35. The second-order valence-corrected chi connectivity index (χ2v) is 3.75. The predicted molar refractivity (Wildman–Crippen MR) is 65.5 cm³/mol. The molecule has 4 nitrogen and oxygen atoms in total. The van der Waals surface area contributed by atoms with Crippen LogP contribution in [0, 0.1) is 6.92 Å². The molecule has 2 heterocycles. The number of hydrogen-bond acceptors (Lipinski definition) is 3. The number of rotatable bonds is 3. The van der Waals surface area contributed by atoms with Crippen molar-refractivity contribution in [1.82, 2.24) is 14.8 Å². The molecule has 0 N–H and O–H groups in total. The van der Waals surface area contributed by atoms with Crippen LogP contribution < -0.4 is 0 Å². The Bertz CT molecular complexity index is 555. The number of aromatic nitrogens is 3. The van der Waals surface area contributed by atoms with Gasteiger partial charge in [-0.1, -0.05) is 6.07 Å². The molecule has 0 aliphatic heterocycles. The first-order valence-electron chi connectivity index (χ1n) is 5.31. The molecule has 17 heavy (non-hydrogen) atoms. The summed E-state index contributed by atoms with van der Waals surface area (Å²) in [5, 5.41) is 4.13. The Morgan fingerprint density at radius 2 is 2.24 bits per heavy atom. The highest BCUT2D eigenvalue weighted by Crippen LogP contribution is 2.05. The lowest BCUT2D eigenvalue weighted by atomic mass is 10.2. The molecule has 0 amide bonds. The molecule has 0 radical (unpaired) electrons. The number of ketones is 1. The van der Waals surface area contributed by atoms with Crippen LogP contribution in [-0.4, -0.2) is 20.5 Å².